The number of nitrogens with zero attached hydrogens (tertiary/aromatic N) is 1. The van der Waals surface area contributed by atoms with Crippen LogP contribution in [0, 0.1) is 10.1 Å². The molecule has 2 aromatic carbocycles. The summed E-state index contributed by atoms with van der Waals surface area (Å²) >= 11 is 0. The number of nitrogens with one attached hydrogen (secondary N) is 1. The van der Waals surface area contributed by atoms with Crippen LogP contribution in [0.3, 0.4) is 0 Å². The van der Waals surface area contributed by atoms with Crippen molar-refractivity contribution in [3.8, 4) is 11.5 Å². The van der Waals surface area contributed by atoms with Crippen molar-refractivity contribution in [1.29, 1.82) is 0 Å². The van der Waals surface area contributed by atoms with Crippen LogP contribution in [0.25, 0.3) is 0 Å². The van der Waals surface area contributed by atoms with Crippen molar-refractivity contribution >= 4 is 23.4 Å². The average Bonchev–Trinajstić information content (AvgIpc) is 2.67. The van der Waals surface area contributed by atoms with Gasteiger partial charge in [-0.15, -0.1) is 0 Å². The molecule has 0 spiro atoms. The van der Waals surface area contributed by atoms with Gasteiger partial charge in [0.05, 0.1) is 31.8 Å². The maximum Gasteiger partial charge on any atom is 0.404 e. The van der Waals surface area contributed by atoms with Crippen LogP contribution < -0.4 is 20.5 Å². The summed E-state index contributed by atoms with van der Waals surface area (Å²) in [5, 5.41) is 13.9. The summed E-state index contributed by atoms with van der Waals surface area (Å²) in [5.41, 5.74) is 5.61. The number of amides is 2. The van der Waals surface area contributed by atoms with Crippen LogP contribution in [0.5, 0.6) is 11.5 Å². The van der Waals surface area contributed by atoms with E-state index in [4.69, 9.17) is 15.2 Å². The zero-order valence-corrected chi connectivity index (χ0v) is 15.3. The number of nitrogens with two attached hydrogens (primary N) is 1. The van der Waals surface area contributed by atoms with E-state index in [0.717, 1.165) is 11.6 Å². The summed E-state index contributed by atoms with van der Waals surface area (Å²) in [5.74, 6) is -0.325. The van der Waals surface area contributed by atoms with Crippen molar-refractivity contribution in [2.75, 3.05) is 26.1 Å². The second-order valence-electron chi connectivity index (χ2n) is 5.55. The van der Waals surface area contributed by atoms with Crippen LogP contribution in [0.2, 0.25) is 0 Å². The fourth-order valence-corrected chi connectivity index (χ4v) is 2.42. The van der Waals surface area contributed by atoms with Gasteiger partial charge < -0.3 is 25.3 Å². The summed E-state index contributed by atoms with van der Waals surface area (Å²) in [4.78, 5) is 33.8. The Hall–Kier alpha value is -3.82. The van der Waals surface area contributed by atoms with Crippen molar-refractivity contribution in [2.24, 2.45) is 5.73 Å². The van der Waals surface area contributed by atoms with Crippen LogP contribution in [0.4, 0.5) is 16.2 Å². The lowest BCUT2D eigenvalue weighted by Gasteiger charge is -2.11. The number of ether oxygens (including phenoxy) is 3. The predicted molar refractivity (Wildman–Crippen MR) is 99.8 cm³/mol. The predicted octanol–water partition coefficient (Wildman–Crippen LogP) is 2.50. The van der Waals surface area contributed by atoms with Gasteiger partial charge in [0.25, 0.3) is 11.6 Å². The van der Waals surface area contributed by atoms with E-state index in [-0.39, 0.29) is 23.7 Å². The van der Waals surface area contributed by atoms with Crippen molar-refractivity contribution in [3.05, 3.63) is 57.6 Å². The first-order valence-electron chi connectivity index (χ1n) is 8.08. The molecule has 0 heterocycles. The Morgan fingerprint density at radius 2 is 1.71 bits per heavy atom. The third-order valence-corrected chi connectivity index (χ3v) is 3.79. The third kappa shape index (κ3) is 5.10. The minimum atomic E-state index is -0.847. The average molecular weight is 389 g/mol. The first kappa shape index (κ1) is 20.5. The van der Waals surface area contributed by atoms with Crippen molar-refractivity contribution in [3.63, 3.8) is 0 Å². The van der Waals surface area contributed by atoms with Gasteiger partial charge in [0, 0.05) is 18.2 Å². The highest BCUT2D eigenvalue weighted by Gasteiger charge is 2.24. The molecular formula is C18H19N3O7. The smallest absolute Gasteiger partial charge is 0.404 e. The number of carbonyl (C=O) groups is 2. The number of primary amides is 1. The van der Waals surface area contributed by atoms with E-state index in [1.54, 1.807) is 24.3 Å². The number of benzene rings is 2. The van der Waals surface area contributed by atoms with Gasteiger partial charge in [-0.05, 0) is 17.7 Å². The van der Waals surface area contributed by atoms with Gasteiger partial charge >= 0.3 is 6.09 Å². The largest absolute Gasteiger partial charge is 0.493 e. The quantitative estimate of drug-likeness (QED) is 0.521. The molecule has 2 rings (SSSR count). The van der Waals surface area contributed by atoms with E-state index in [2.05, 4.69) is 10.1 Å². The van der Waals surface area contributed by atoms with Crippen LogP contribution in [0.1, 0.15) is 15.9 Å². The molecular weight excluding hydrogens is 370 g/mol. The Labute approximate surface area is 160 Å². The molecule has 0 unspecified atom stereocenters. The molecule has 0 aliphatic rings. The van der Waals surface area contributed by atoms with E-state index in [1.807, 2.05) is 0 Å². The van der Waals surface area contributed by atoms with Gasteiger partial charge in [-0.25, -0.2) is 4.79 Å². The number of rotatable bonds is 8. The highest BCUT2D eigenvalue weighted by molar-refractivity contribution is 6.07. The Balaban J connectivity index is 2.18. The van der Waals surface area contributed by atoms with Gasteiger partial charge in [0.2, 0.25) is 0 Å². The fourth-order valence-electron chi connectivity index (χ4n) is 2.42. The van der Waals surface area contributed by atoms with Gasteiger partial charge in [0.1, 0.15) is 5.56 Å². The zero-order valence-electron chi connectivity index (χ0n) is 15.3. The van der Waals surface area contributed by atoms with E-state index < -0.39 is 22.6 Å². The molecule has 0 aliphatic heterocycles. The number of nitro groups is 1. The molecule has 0 fully saturated rings. The number of methoxy groups -OCH3 is 2. The van der Waals surface area contributed by atoms with Crippen LogP contribution in [-0.2, 0) is 11.2 Å². The Morgan fingerprint density at radius 1 is 1.11 bits per heavy atom. The molecule has 0 aliphatic carbocycles. The summed E-state index contributed by atoms with van der Waals surface area (Å²) < 4.78 is 14.8. The lowest BCUT2D eigenvalue weighted by atomic mass is 10.1. The molecule has 0 saturated carbocycles. The van der Waals surface area contributed by atoms with Gasteiger partial charge in [-0.1, -0.05) is 12.1 Å². The first-order valence-corrected chi connectivity index (χ1v) is 8.08. The number of hydrogen-bond donors (Lipinski definition) is 2. The molecule has 0 saturated heterocycles. The van der Waals surface area contributed by atoms with Crippen molar-refractivity contribution in [1.82, 2.24) is 0 Å². The van der Waals surface area contributed by atoms with Gasteiger partial charge in [-0.2, -0.15) is 0 Å². The summed E-state index contributed by atoms with van der Waals surface area (Å²) in [6.45, 7) is 0.138. The molecule has 10 nitrogen and oxygen atoms in total. The molecule has 3 N–H and O–H groups in total. The Bertz CT molecular complexity index is 881. The maximum atomic E-state index is 12.6. The van der Waals surface area contributed by atoms with Crippen LogP contribution in [0.15, 0.2) is 36.4 Å². The zero-order chi connectivity index (χ0) is 20.7. The molecule has 0 atom stereocenters. The fraction of sp³-hybridized carbons (Fsp3) is 0.222. The number of nitro benzene ring substituents is 1. The highest BCUT2D eigenvalue weighted by atomic mass is 16.6. The SMILES string of the molecule is COc1cc(C(=O)Nc2ccc(CCOC(N)=O)cc2)c([N+](=O)[O-])cc1OC. The number of carbonyl (C=O) groups excluding carboxylic acids is 2. The summed E-state index contributed by atoms with van der Waals surface area (Å²) in [6, 6.07) is 9.09. The Morgan fingerprint density at radius 3 is 2.25 bits per heavy atom. The number of hydrogen-bond acceptors (Lipinski definition) is 7. The molecule has 0 radical (unpaired) electrons. The van der Waals surface area contributed by atoms with Gasteiger partial charge in [0.15, 0.2) is 11.5 Å². The summed E-state index contributed by atoms with van der Waals surface area (Å²) in [7, 11) is 2.71. The molecule has 28 heavy (non-hydrogen) atoms. The normalized spacial score (nSPS) is 10.1. The van der Waals surface area contributed by atoms with E-state index in [0.29, 0.717) is 12.1 Å². The highest BCUT2D eigenvalue weighted by Crippen LogP contribution is 2.34. The molecule has 0 aromatic heterocycles. The summed E-state index contributed by atoms with van der Waals surface area (Å²) in [6.07, 6.45) is -0.390. The van der Waals surface area contributed by atoms with E-state index in [1.165, 1.54) is 20.3 Å². The van der Waals surface area contributed by atoms with Crippen molar-refractivity contribution in [2.45, 2.75) is 6.42 Å². The minimum Gasteiger partial charge on any atom is -0.493 e. The molecule has 2 aromatic rings. The molecule has 2 amide bonds. The monoisotopic (exact) mass is 389 g/mol. The second kappa shape index (κ2) is 9.21. The minimum absolute atomic E-state index is 0.138. The lowest BCUT2D eigenvalue weighted by Crippen LogP contribution is -2.15. The first-order chi connectivity index (χ1) is 13.3. The van der Waals surface area contributed by atoms with Gasteiger partial charge in [-0.3, -0.25) is 14.9 Å². The third-order valence-electron chi connectivity index (χ3n) is 3.79. The maximum absolute atomic E-state index is 12.6. The van der Waals surface area contributed by atoms with E-state index >= 15 is 0 Å². The Kier molecular flexibility index (Phi) is 6.74. The van der Waals surface area contributed by atoms with Crippen LogP contribution in [-0.4, -0.2) is 37.8 Å². The molecule has 10 heteroatoms. The standard InChI is InChI=1S/C18H19N3O7/c1-26-15-9-13(14(21(24)25)10-16(15)27-2)17(22)20-12-5-3-11(4-6-12)7-8-28-18(19)23/h3-6,9-10H,7-8H2,1-2H3,(H2,19,23)(H,20,22). The van der Waals surface area contributed by atoms with Crippen LogP contribution >= 0.6 is 0 Å². The molecule has 0 bridgehead atoms. The second-order valence-corrected chi connectivity index (χ2v) is 5.55. The topological polar surface area (TPSA) is 143 Å². The lowest BCUT2D eigenvalue weighted by molar-refractivity contribution is -0.385. The van der Waals surface area contributed by atoms with Crippen molar-refractivity contribution < 1.29 is 28.7 Å². The molecule has 148 valence electrons. The van der Waals surface area contributed by atoms with E-state index in [9.17, 15) is 19.7 Å². The number of anilines is 1.